The summed E-state index contributed by atoms with van der Waals surface area (Å²) in [6.45, 7) is 9.50. The number of carbonyl (C=O) groups excluding carboxylic acids is 1. The van der Waals surface area contributed by atoms with Gasteiger partial charge in [-0.15, -0.1) is 0 Å². The van der Waals surface area contributed by atoms with Crippen molar-refractivity contribution < 1.29 is 9.53 Å². The zero-order chi connectivity index (χ0) is 24.4. The number of piperazine rings is 1. The van der Waals surface area contributed by atoms with Crippen LogP contribution in [0.5, 0.6) is 5.75 Å². The van der Waals surface area contributed by atoms with Crippen LogP contribution in [0.15, 0.2) is 36.4 Å². The summed E-state index contributed by atoms with van der Waals surface area (Å²) in [4.78, 5) is 21.9. The van der Waals surface area contributed by atoms with E-state index >= 15 is 0 Å². The number of aromatic amines is 1. The van der Waals surface area contributed by atoms with Gasteiger partial charge in [-0.3, -0.25) is 5.10 Å². The second-order valence-electron chi connectivity index (χ2n) is 9.49. The standard InChI is InChI=1S/C26H33N7O2/c1-17-11-23(28-24-13-18(2)30-31-24)29-25(12-17)32-8-9-33(19(3)16-32)26(34)27-15-20-6-7-22-21(14-20)5-4-10-35-22/h6-7,11-14,19H,4-5,8-10,15-16H2,1-3H3,(H,27,34)(H2,28,29,30,31)/t19-/m0/s1. The van der Waals surface area contributed by atoms with Gasteiger partial charge >= 0.3 is 6.03 Å². The van der Waals surface area contributed by atoms with Crippen LogP contribution in [0.4, 0.5) is 22.2 Å². The molecule has 1 atom stereocenters. The summed E-state index contributed by atoms with van der Waals surface area (Å²) >= 11 is 0. The van der Waals surface area contributed by atoms with Gasteiger partial charge in [0.15, 0.2) is 5.82 Å². The highest BCUT2D eigenvalue weighted by Gasteiger charge is 2.28. The molecule has 1 fully saturated rings. The zero-order valence-electron chi connectivity index (χ0n) is 20.6. The number of nitrogens with one attached hydrogen (secondary N) is 3. The molecule has 3 aromatic rings. The normalized spacial score (nSPS) is 17.5. The molecule has 184 valence electrons. The average molecular weight is 476 g/mol. The fraction of sp³-hybridized carbons (Fsp3) is 0.423. The van der Waals surface area contributed by atoms with E-state index in [-0.39, 0.29) is 12.1 Å². The van der Waals surface area contributed by atoms with Crippen molar-refractivity contribution in [3.05, 3.63) is 58.8 Å². The number of aromatic nitrogens is 3. The average Bonchev–Trinajstić information content (AvgIpc) is 3.26. The first kappa shape index (κ1) is 23.0. The molecule has 0 unspecified atom stereocenters. The number of hydrogen-bond donors (Lipinski definition) is 3. The molecule has 9 nitrogen and oxygen atoms in total. The topological polar surface area (TPSA) is 98.4 Å². The summed E-state index contributed by atoms with van der Waals surface area (Å²) in [5.74, 6) is 3.38. The molecule has 0 spiro atoms. The summed E-state index contributed by atoms with van der Waals surface area (Å²) in [6, 6.07) is 12.3. The van der Waals surface area contributed by atoms with Gasteiger partial charge in [0.2, 0.25) is 0 Å². The Morgan fingerprint density at radius 2 is 2.06 bits per heavy atom. The number of carbonyl (C=O) groups is 1. The third-order valence-electron chi connectivity index (χ3n) is 6.55. The molecule has 4 heterocycles. The first-order chi connectivity index (χ1) is 16.9. The summed E-state index contributed by atoms with van der Waals surface area (Å²) in [5, 5.41) is 13.5. The number of aryl methyl sites for hydroxylation is 3. The quantitative estimate of drug-likeness (QED) is 0.518. The lowest BCUT2D eigenvalue weighted by Gasteiger charge is -2.40. The van der Waals surface area contributed by atoms with E-state index in [9.17, 15) is 4.79 Å². The van der Waals surface area contributed by atoms with Crippen LogP contribution < -0.4 is 20.3 Å². The minimum atomic E-state index is -0.0282. The molecule has 1 saturated heterocycles. The molecule has 0 saturated carbocycles. The number of urea groups is 1. The van der Waals surface area contributed by atoms with Crippen molar-refractivity contribution in [2.24, 2.45) is 0 Å². The Balaban J connectivity index is 1.19. The monoisotopic (exact) mass is 475 g/mol. The lowest BCUT2D eigenvalue weighted by atomic mass is 10.0. The Bertz CT molecular complexity index is 1210. The number of benzene rings is 1. The van der Waals surface area contributed by atoms with Crippen molar-refractivity contribution in [2.75, 3.05) is 36.5 Å². The van der Waals surface area contributed by atoms with Crippen molar-refractivity contribution in [3.8, 4) is 5.75 Å². The number of ether oxygens (including phenoxy) is 1. The number of H-pyrrole nitrogens is 1. The number of amides is 2. The third-order valence-corrected chi connectivity index (χ3v) is 6.55. The van der Waals surface area contributed by atoms with Gasteiger partial charge in [-0.1, -0.05) is 12.1 Å². The smallest absolute Gasteiger partial charge is 0.318 e. The van der Waals surface area contributed by atoms with E-state index in [1.165, 1.54) is 5.56 Å². The van der Waals surface area contributed by atoms with E-state index < -0.39 is 0 Å². The highest BCUT2D eigenvalue weighted by atomic mass is 16.5. The molecule has 0 radical (unpaired) electrons. The first-order valence-electron chi connectivity index (χ1n) is 12.3. The Kier molecular flexibility index (Phi) is 6.48. The fourth-order valence-corrected chi connectivity index (χ4v) is 4.76. The minimum Gasteiger partial charge on any atom is -0.493 e. The van der Waals surface area contributed by atoms with Crippen LogP contribution in [-0.2, 0) is 13.0 Å². The molecule has 2 aliphatic heterocycles. The maximum atomic E-state index is 13.0. The molecule has 3 N–H and O–H groups in total. The molecule has 5 rings (SSSR count). The van der Waals surface area contributed by atoms with Crippen LogP contribution in [-0.4, -0.2) is 58.4 Å². The summed E-state index contributed by atoms with van der Waals surface area (Å²) in [6.07, 6.45) is 2.07. The van der Waals surface area contributed by atoms with Gasteiger partial charge in [0.25, 0.3) is 0 Å². The third kappa shape index (κ3) is 5.34. The van der Waals surface area contributed by atoms with Crippen LogP contribution in [0.25, 0.3) is 0 Å². The summed E-state index contributed by atoms with van der Waals surface area (Å²) in [7, 11) is 0. The number of rotatable bonds is 5. The van der Waals surface area contributed by atoms with Crippen LogP contribution in [0.1, 0.15) is 35.7 Å². The second kappa shape index (κ2) is 9.85. The van der Waals surface area contributed by atoms with Gasteiger partial charge in [0.05, 0.1) is 6.61 Å². The predicted octanol–water partition coefficient (Wildman–Crippen LogP) is 3.91. The number of pyridine rings is 1. The van der Waals surface area contributed by atoms with Crippen LogP contribution in [0.2, 0.25) is 0 Å². The van der Waals surface area contributed by atoms with Crippen molar-refractivity contribution >= 4 is 23.5 Å². The predicted molar refractivity (Wildman–Crippen MR) is 136 cm³/mol. The Morgan fingerprint density at radius 1 is 1.17 bits per heavy atom. The molecule has 9 heteroatoms. The highest BCUT2D eigenvalue weighted by molar-refractivity contribution is 5.75. The number of fused-ring (bicyclic) bond motifs is 1. The zero-order valence-corrected chi connectivity index (χ0v) is 20.6. The molecule has 0 bridgehead atoms. The lowest BCUT2D eigenvalue weighted by molar-refractivity contribution is 0.171. The Labute approximate surface area is 205 Å². The first-order valence-corrected chi connectivity index (χ1v) is 12.3. The van der Waals surface area contributed by atoms with Crippen LogP contribution >= 0.6 is 0 Å². The number of hydrogen-bond acceptors (Lipinski definition) is 6. The maximum absolute atomic E-state index is 13.0. The molecule has 1 aromatic carbocycles. The van der Waals surface area contributed by atoms with E-state index in [2.05, 4.69) is 51.7 Å². The fourth-order valence-electron chi connectivity index (χ4n) is 4.76. The Morgan fingerprint density at radius 3 is 2.86 bits per heavy atom. The van der Waals surface area contributed by atoms with Crippen LogP contribution in [0, 0.1) is 13.8 Å². The molecule has 2 aromatic heterocycles. The van der Waals surface area contributed by atoms with Gasteiger partial charge in [-0.2, -0.15) is 5.10 Å². The Hall–Kier alpha value is -3.75. The van der Waals surface area contributed by atoms with E-state index in [0.717, 1.165) is 72.6 Å². The molecular formula is C26H33N7O2. The molecule has 0 aliphatic carbocycles. The maximum Gasteiger partial charge on any atom is 0.318 e. The molecule has 2 amide bonds. The van der Waals surface area contributed by atoms with E-state index in [1.54, 1.807) is 0 Å². The van der Waals surface area contributed by atoms with Crippen molar-refractivity contribution in [1.82, 2.24) is 25.4 Å². The van der Waals surface area contributed by atoms with Gasteiger partial charge in [0.1, 0.15) is 17.4 Å². The summed E-state index contributed by atoms with van der Waals surface area (Å²) < 4.78 is 5.69. The molecular weight excluding hydrogens is 442 g/mol. The van der Waals surface area contributed by atoms with E-state index in [4.69, 9.17) is 9.72 Å². The highest BCUT2D eigenvalue weighted by Crippen LogP contribution is 2.26. The van der Waals surface area contributed by atoms with Gasteiger partial charge in [-0.05, 0) is 68.5 Å². The van der Waals surface area contributed by atoms with Crippen molar-refractivity contribution in [1.29, 1.82) is 0 Å². The van der Waals surface area contributed by atoms with Gasteiger partial charge in [-0.25, -0.2) is 9.78 Å². The molecule has 2 aliphatic rings. The van der Waals surface area contributed by atoms with Gasteiger partial charge in [0, 0.05) is 44.0 Å². The minimum absolute atomic E-state index is 0.0282. The van der Waals surface area contributed by atoms with E-state index in [0.29, 0.717) is 13.1 Å². The van der Waals surface area contributed by atoms with Crippen molar-refractivity contribution in [3.63, 3.8) is 0 Å². The van der Waals surface area contributed by atoms with E-state index in [1.807, 2.05) is 36.1 Å². The largest absolute Gasteiger partial charge is 0.493 e. The lowest BCUT2D eigenvalue weighted by Crippen LogP contribution is -2.56. The number of anilines is 3. The molecule has 35 heavy (non-hydrogen) atoms. The number of nitrogens with zero attached hydrogens (tertiary/aromatic N) is 4. The van der Waals surface area contributed by atoms with Crippen molar-refractivity contribution in [2.45, 2.75) is 46.2 Å². The second-order valence-corrected chi connectivity index (χ2v) is 9.49. The SMILES string of the molecule is Cc1cc(Nc2cc(C)[nH]n2)nc(N2CCN(C(=O)NCc3ccc4c(c3)CCCO4)[C@@H](C)C2)c1. The van der Waals surface area contributed by atoms with Crippen LogP contribution in [0.3, 0.4) is 0 Å². The summed E-state index contributed by atoms with van der Waals surface area (Å²) in [5.41, 5.74) is 4.44. The van der Waals surface area contributed by atoms with Gasteiger partial charge < -0.3 is 25.2 Å².